The molecule has 1 aromatic carbocycles. The van der Waals surface area contributed by atoms with Crippen LogP contribution in [0.25, 0.3) is 11.2 Å². The van der Waals surface area contributed by atoms with Crippen LogP contribution in [0.15, 0.2) is 27.8 Å². The van der Waals surface area contributed by atoms with Crippen LogP contribution in [-0.4, -0.2) is 43.1 Å². The third-order valence-electron chi connectivity index (χ3n) is 6.03. The summed E-state index contributed by atoms with van der Waals surface area (Å²) >= 11 is 0. The van der Waals surface area contributed by atoms with Crippen molar-refractivity contribution in [3.05, 3.63) is 60.5 Å². The fourth-order valence-corrected chi connectivity index (χ4v) is 4.19. The first-order chi connectivity index (χ1) is 16.3. The molecular weight excluding hydrogens is 444 g/mol. The lowest BCUT2D eigenvalue weighted by molar-refractivity contribution is -0.384. The molecule has 0 bridgehead atoms. The Balaban J connectivity index is 1.65. The Morgan fingerprint density at radius 1 is 1.26 bits per heavy atom. The highest BCUT2D eigenvalue weighted by atomic mass is 16.6. The molecule has 1 saturated heterocycles. The summed E-state index contributed by atoms with van der Waals surface area (Å²) in [5, 5.41) is 11.3. The summed E-state index contributed by atoms with van der Waals surface area (Å²) in [6, 6.07) is 4.16. The van der Waals surface area contributed by atoms with Crippen molar-refractivity contribution in [2.45, 2.75) is 45.8 Å². The van der Waals surface area contributed by atoms with Gasteiger partial charge in [0.15, 0.2) is 11.2 Å². The van der Waals surface area contributed by atoms with Crippen LogP contribution < -0.4 is 16.1 Å². The molecule has 0 radical (unpaired) electrons. The molecule has 0 saturated carbocycles. The number of aromatic amines is 1. The average molecular weight is 470 g/mol. The minimum atomic E-state index is -0.727. The summed E-state index contributed by atoms with van der Waals surface area (Å²) in [6.45, 7) is 3.61. The summed E-state index contributed by atoms with van der Waals surface area (Å²) in [7, 11) is 1.60. The first-order valence-electron chi connectivity index (χ1n) is 11.2. The number of hydrogen-bond acceptors (Lipinski definition) is 8. The van der Waals surface area contributed by atoms with Gasteiger partial charge < -0.3 is 14.2 Å². The Morgan fingerprint density at radius 3 is 2.68 bits per heavy atom. The van der Waals surface area contributed by atoms with Crippen molar-refractivity contribution >= 4 is 28.5 Å². The smallest absolute Gasteiger partial charge is 0.340 e. The molecular formula is C22H26N6O6. The number of fused-ring (bicyclic) bond motifs is 1. The average Bonchev–Trinajstić information content (AvgIpc) is 3.45. The summed E-state index contributed by atoms with van der Waals surface area (Å²) in [5.41, 5.74) is -0.201. The number of carbonyl (C=O) groups is 1. The largest absolute Gasteiger partial charge is 0.454 e. The van der Waals surface area contributed by atoms with E-state index in [1.165, 1.54) is 21.3 Å². The lowest BCUT2D eigenvalue weighted by Crippen LogP contribution is -2.31. The molecule has 1 fully saturated rings. The second kappa shape index (κ2) is 9.49. The molecule has 0 spiro atoms. The van der Waals surface area contributed by atoms with Crippen molar-refractivity contribution in [3.63, 3.8) is 0 Å². The Hall–Kier alpha value is -3.96. The summed E-state index contributed by atoms with van der Waals surface area (Å²) in [5.74, 6) is -0.451. The van der Waals surface area contributed by atoms with E-state index in [4.69, 9.17) is 4.74 Å². The number of anilines is 1. The third kappa shape index (κ3) is 4.30. The predicted molar refractivity (Wildman–Crippen MR) is 124 cm³/mol. The second-order valence-electron chi connectivity index (χ2n) is 8.25. The molecule has 0 amide bonds. The number of aryl methyl sites for hydroxylation is 2. The van der Waals surface area contributed by atoms with Gasteiger partial charge in [0.25, 0.3) is 11.2 Å². The number of imidazole rings is 1. The van der Waals surface area contributed by atoms with Crippen molar-refractivity contribution in [2.75, 3.05) is 18.0 Å². The topological polar surface area (TPSA) is 145 Å². The maximum absolute atomic E-state index is 13.0. The Labute approximate surface area is 193 Å². The highest BCUT2D eigenvalue weighted by Crippen LogP contribution is 2.29. The quantitative estimate of drug-likeness (QED) is 0.299. The molecule has 12 nitrogen and oxygen atoms in total. The Bertz CT molecular complexity index is 1360. The molecule has 34 heavy (non-hydrogen) atoms. The fraction of sp³-hybridized carbons (Fsp3) is 0.455. The molecule has 0 aliphatic carbocycles. The molecule has 4 rings (SSSR count). The number of ether oxygens (including phenoxy) is 1. The molecule has 0 unspecified atom stereocenters. The molecule has 1 aliphatic rings. The number of H-pyrrole nitrogens is 1. The van der Waals surface area contributed by atoms with Gasteiger partial charge in [-0.15, -0.1) is 0 Å². The van der Waals surface area contributed by atoms with Gasteiger partial charge in [-0.3, -0.25) is 24.5 Å². The van der Waals surface area contributed by atoms with Gasteiger partial charge in [-0.1, -0.05) is 13.3 Å². The molecule has 1 N–H and O–H groups in total. The molecule has 12 heteroatoms. The zero-order valence-corrected chi connectivity index (χ0v) is 19.1. The normalized spacial score (nSPS) is 13.5. The number of nitrogens with zero attached hydrogens (tertiary/aromatic N) is 5. The Kier molecular flexibility index (Phi) is 6.48. The highest BCUT2D eigenvalue weighted by Gasteiger charge is 2.24. The van der Waals surface area contributed by atoms with E-state index in [1.54, 1.807) is 13.1 Å². The zero-order valence-electron chi connectivity index (χ0n) is 19.1. The summed E-state index contributed by atoms with van der Waals surface area (Å²) in [4.78, 5) is 57.1. The number of nitro benzene ring substituents is 1. The molecule has 3 heterocycles. The van der Waals surface area contributed by atoms with Crippen LogP contribution in [0.2, 0.25) is 0 Å². The van der Waals surface area contributed by atoms with Crippen molar-refractivity contribution in [1.29, 1.82) is 0 Å². The van der Waals surface area contributed by atoms with Crippen molar-refractivity contribution in [2.24, 2.45) is 7.05 Å². The number of esters is 1. The molecule has 180 valence electrons. The minimum absolute atomic E-state index is 0.104. The van der Waals surface area contributed by atoms with Gasteiger partial charge in [-0.05, 0) is 25.3 Å². The van der Waals surface area contributed by atoms with E-state index in [1.807, 2.05) is 11.8 Å². The lowest BCUT2D eigenvalue weighted by Gasteiger charge is -2.20. The zero-order chi connectivity index (χ0) is 24.4. The van der Waals surface area contributed by atoms with Crippen LogP contribution in [0, 0.1) is 10.1 Å². The van der Waals surface area contributed by atoms with Gasteiger partial charge in [-0.25, -0.2) is 14.6 Å². The maximum atomic E-state index is 13.0. The van der Waals surface area contributed by atoms with Gasteiger partial charge in [0, 0.05) is 38.8 Å². The molecule has 0 atom stereocenters. The van der Waals surface area contributed by atoms with Crippen LogP contribution in [0.3, 0.4) is 0 Å². The summed E-state index contributed by atoms with van der Waals surface area (Å²) < 4.78 is 8.36. The van der Waals surface area contributed by atoms with Gasteiger partial charge in [0.1, 0.15) is 12.4 Å². The van der Waals surface area contributed by atoms with Gasteiger partial charge in [0.05, 0.1) is 16.2 Å². The van der Waals surface area contributed by atoms with Crippen LogP contribution in [-0.2, 0) is 24.9 Å². The van der Waals surface area contributed by atoms with E-state index in [-0.39, 0.29) is 34.8 Å². The SMILES string of the molecule is CCCCn1c(=O)[nH]c(=O)c2c1nc(COC(=O)c1cc([N+](=O)[O-])ccc1N1CCCC1)n2C. The molecule has 3 aromatic rings. The van der Waals surface area contributed by atoms with Gasteiger partial charge >= 0.3 is 11.7 Å². The first-order valence-corrected chi connectivity index (χ1v) is 11.2. The molecule has 1 aliphatic heterocycles. The number of carbonyl (C=O) groups excluding carboxylic acids is 1. The Morgan fingerprint density at radius 2 is 2.00 bits per heavy atom. The van der Waals surface area contributed by atoms with E-state index in [9.17, 15) is 24.5 Å². The summed E-state index contributed by atoms with van der Waals surface area (Å²) in [6.07, 6.45) is 3.53. The molecule has 2 aromatic heterocycles. The number of non-ortho nitro benzene ring substituents is 1. The fourth-order valence-electron chi connectivity index (χ4n) is 4.19. The van der Waals surface area contributed by atoms with Crippen molar-refractivity contribution in [1.82, 2.24) is 19.1 Å². The first kappa shape index (κ1) is 23.2. The number of nitrogens with one attached hydrogen (secondary N) is 1. The number of rotatable bonds is 8. The van der Waals surface area contributed by atoms with Crippen molar-refractivity contribution in [3.8, 4) is 0 Å². The van der Waals surface area contributed by atoms with E-state index in [0.29, 0.717) is 12.2 Å². The van der Waals surface area contributed by atoms with E-state index in [2.05, 4.69) is 9.97 Å². The lowest BCUT2D eigenvalue weighted by atomic mass is 10.1. The van der Waals surface area contributed by atoms with Crippen LogP contribution in [0.4, 0.5) is 11.4 Å². The monoisotopic (exact) mass is 470 g/mol. The standard InChI is InChI=1S/C22H26N6O6/c1-3-4-11-27-19-18(20(29)24-22(27)31)25(2)17(23-19)13-34-21(30)15-12-14(28(32)33)7-8-16(15)26-9-5-6-10-26/h7-8,12H,3-6,9-11,13H2,1-2H3,(H,24,29,31). The van der Waals surface area contributed by atoms with Crippen molar-refractivity contribution < 1.29 is 14.5 Å². The van der Waals surface area contributed by atoms with Crippen LogP contribution in [0.1, 0.15) is 48.8 Å². The highest BCUT2D eigenvalue weighted by molar-refractivity contribution is 5.96. The number of unbranched alkanes of at least 4 members (excludes halogenated alkanes) is 1. The predicted octanol–water partition coefficient (Wildman–Crippen LogP) is 2.09. The number of aromatic nitrogens is 4. The number of nitro groups is 1. The maximum Gasteiger partial charge on any atom is 0.340 e. The van der Waals surface area contributed by atoms with Gasteiger partial charge in [0.2, 0.25) is 0 Å². The van der Waals surface area contributed by atoms with Gasteiger partial charge in [-0.2, -0.15) is 0 Å². The number of benzene rings is 1. The van der Waals surface area contributed by atoms with E-state index in [0.717, 1.165) is 38.8 Å². The van der Waals surface area contributed by atoms with E-state index < -0.39 is 22.1 Å². The van der Waals surface area contributed by atoms with Crippen LogP contribution >= 0.6 is 0 Å². The van der Waals surface area contributed by atoms with Crippen LogP contribution in [0.5, 0.6) is 0 Å². The minimum Gasteiger partial charge on any atom is -0.454 e. The second-order valence-corrected chi connectivity index (χ2v) is 8.25. The third-order valence-corrected chi connectivity index (χ3v) is 6.03. The number of hydrogen-bond donors (Lipinski definition) is 1. The van der Waals surface area contributed by atoms with E-state index >= 15 is 0 Å².